The maximum atomic E-state index is 12.0. The number of aryl methyl sites for hydroxylation is 2. The summed E-state index contributed by atoms with van der Waals surface area (Å²) >= 11 is 1.63. The molecule has 0 aliphatic rings. The summed E-state index contributed by atoms with van der Waals surface area (Å²) in [7, 11) is 0. The first-order chi connectivity index (χ1) is 8.72. The number of oxime groups is 1. The van der Waals surface area contributed by atoms with Crippen molar-refractivity contribution in [2.24, 2.45) is 10.9 Å². The van der Waals surface area contributed by atoms with E-state index in [-0.39, 0.29) is 17.0 Å². The highest BCUT2D eigenvalue weighted by atomic mass is 32.1. The number of nitrogens with zero attached hydrogens (tertiary/aromatic N) is 2. The van der Waals surface area contributed by atoms with Crippen molar-refractivity contribution in [1.29, 1.82) is 0 Å². The lowest BCUT2D eigenvalue weighted by Gasteiger charge is -2.06. The first kappa shape index (κ1) is 12.4. The molecule has 2 rings (SSSR count). The number of aromatic nitrogens is 1. The van der Waals surface area contributed by atoms with Crippen LogP contribution < -0.4 is 11.3 Å². The number of nitrogens with two attached hydrogens (primary N) is 1. The van der Waals surface area contributed by atoms with Crippen LogP contribution in [0.4, 0.5) is 0 Å². The number of pyridine rings is 1. The molecule has 2 heterocycles. The topological polar surface area (TPSA) is 80.6 Å². The van der Waals surface area contributed by atoms with Crippen molar-refractivity contribution in [3.63, 3.8) is 0 Å². The van der Waals surface area contributed by atoms with Crippen molar-refractivity contribution >= 4 is 17.2 Å². The minimum atomic E-state index is -0.247. The number of amidine groups is 1. The van der Waals surface area contributed by atoms with Gasteiger partial charge in [-0.2, -0.15) is 11.3 Å². The maximum Gasteiger partial charge on any atom is 0.261 e. The zero-order valence-electron chi connectivity index (χ0n) is 9.61. The Bertz CT molecular complexity index is 602. The highest BCUT2D eigenvalue weighted by molar-refractivity contribution is 7.07. The number of hydrogen-bond acceptors (Lipinski definition) is 4. The molecule has 2 aromatic heterocycles. The third-order valence-electron chi connectivity index (χ3n) is 2.63. The Morgan fingerprint density at radius 3 is 3.00 bits per heavy atom. The standard InChI is InChI=1S/C12H13N3O2S/c13-11(14-17)10-2-1-5-15(12(10)16)6-3-9-4-7-18-8-9/h1-2,4-5,7-8,17H,3,6H2,(H2,13,14). The van der Waals surface area contributed by atoms with E-state index in [2.05, 4.69) is 10.5 Å². The van der Waals surface area contributed by atoms with Crippen molar-refractivity contribution < 1.29 is 5.21 Å². The molecule has 18 heavy (non-hydrogen) atoms. The Labute approximate surface area is 108 Å². The maximum absolute atomic E-state index is 12.0. The summed E-state index contributed by atoms with van der Waals surface area (Å²) in [4.78, 5) is 12.0. The average molecular weight is 263 g/mol. The molecular weight excluding hydrogens is 250 g/mol. The molecule has 0 amide bonds. The predicted molar refractivity (Wildman–Crippen MR) is 71.2 cm³/mol. The highest BCUT2D eigenvalue weighted by Gasteiger charge is 2.07. The Morgan fingerprint density at radius 1 is 1.50 bits per heavy atom. The lowest BCUT2D eigenvalue weighted by atomic mass is 10.2. The first-order valence-electron chi connectivity index (χ1n) is 5.41. The summed E-state index contributed by atoms with van der Waals surface area (Å²) in [6.07, 6.45) is 2.48. The molecule has 5 nitrogen and oxygen atoms in total. The molecule has 94 valence electrons. The highest BCUT2D eigenvalue weighted by Crippen LogP contribution is 2.07. The van der Waals surface area contributed by atoms with Crippen LogP contribution >= 0.6 is 11.3 Å². The van der Waals surface area contributed by atoms with Crippen LogP contribution in [0.3, 0.4) is 0 Å². The molecule has 0 saturated carbocycles. The lowest BCUT2D eigenvalue weighted by molar-refractivity contribution is 0.318. The fourth-order valence-electron chi connectivity index (χ4n) is 1.65. The van der Waals surface area contributed by atoms with Crippen LogP contribution in [0.2, 0.25) is 0 Å². The Morgan fingerprint density at radius 2 is 2.33 bits per heavy atom. The summed E-state index contributed by atoms with van der Waals surface area (Å²) in [5.41, 5.74) is 6.60. The normalized spacial score (nSPS) is 11.7. The molecular formula is C12H13N3O2S. The molecule has 0 aliphatic heterocycles. The van der Waals surface area contributed by atoms with Crippen LogP contribution in [0.5, 0.6) is 0 Å². The zero-order valence-corrected chi connectivity index (χ0v) is 10.4. The molecule has 3 N–H and O–H groups in total. The number of hydrogen-bond donors (Lipinski definition) is 2. The van der Waals surface area contributed by atoms with E-state index < -0.39 is 0 Å². The van der Waals surface area contributed by atoms with E-state index in [4.69, 9.17) is 10.9 Å². The van der Waals surface area contributed by atoms with Gasteiger partial charge in [0.1, 0.15) is 0 Å². The summed E-state index contributed by atoms with van der Waals surface area (Å²) in [5, 5.41) is 15.5. The third kappa shape index (κ3) is 2.60. The Balaban J connectivity index is 2.21. The molecule has 0 bridgehead atoms. The lowest BCUT2D eigenvalue weighted by Crippen LogP contribution is -2.30. The van der Waals surface area contributed by atoms with Gasteiger partial charge < -0.3 is 15.5 Å². The largest absolute Gasteiger partial charge is 0.409 e. The van der Waals surface area contributed by atoms with Crippen molar-refractivity contribution in [3.8, 4) is 0 Å². The molecule has 2 aromatic rings. The van der Waals surface area contributed by atoms with Crippen molar-refractivity contribution in [1.82, 2.24) is 4.57 Å². The zero-order chi connectivity index (χ0) is 13.0. The molecule has 0 saturated heterocycles. The van der Waals surface area contributed by atoms with Crippen LogP contribution in [-0.4, -0.2) is 15.6 Å². The van der Waals surface area contributed by atoms with Crippen molar-refractivity contribution in [3.05, 3.63) is 56.6 Å². The molecule has 0 aromatic carbocycles. The summed E-state index contributed by atoms with van der Waals surface area (Å²) in [5.74, 6) is -0.162. The summed E-state index contributed by atoms with van der Waals surface area (Å²) in [6.45, 7) is 0.572. The molecule has 0 atom stereocenters. The molecule has 6 heteroatoms. The van der Waals surface area contributed by atoms with Gasteiger partial charge >= 0.3 is 0 Å². The van der Waals surface area contributed by atoms with E-state index in [1.54, 1.807) is 34.2 Å². The SMILES string of the molecule is N/C(=N/O)c1cccn(CCc2ccsc2)c1=O. The minimum absolute atomic E-state index is 0.162. The molecule has 0 fully saturated rings. The van der Waals surface area contributed by atoms with Gasteiger partial charge in [0.2, 0.25) is 0 Å². The van der Waals surface area contributed by atoms with Gasteiger partial charge in [-0.05, 0) is 40.9 Å². The van der Waals surface area contributed by atoms with Crippen molar-refractivity contribution in [2.45, 2.75) is 13.0 Å². The number of thiophene rings is 1. The van der Waals surface area contributed by atoms with E-state index in [0.717, 1.165) is 6.42 Å². The van der Waals surface area contributed by atoms with Crippen LogP contribution in [0, 0.1) is 0 Å². The summed E-state index contributed by atoms with van der Waals surface area (Å²) < 4.78 is 1.56. The van der Waals surface area contributed by atoms with Gasteiger partial charge in [0.25, 0.3) is 5.56 Å². The average Bonchev–Trinajstić information content (AvgIpc) is 2.90. The van der Waals surface area contributed by atoms with E-state index in [1.165, 1.54) is 5.56 Å². The smallest absolute Gasteiger partial charge is 0.261 e. The van der Waals surface area contributed by atoms with E-state index >= 15 is 0 Å². The van der Waals surface area contributed by atoms with Crippen molar-refractivity contribution in [2.75, 3.05) is 0 Å². The molecule has 0 spiro atoms. The van der Waals surface area contributed by atoms with Gasteiger partial charge in [-0.25, -0.2) is 0 Å². The second-order valence-electron chi connectivity index (χ2n) is 3.79. The predicted octanol–water partition coefficient (Wildman–Crippen LogP) is 1.25. The van der Waals surface area contributed by atoms with Gasteiger partial charge in [0.15, 0.2) is 5.84 Å². The second-order valence-corrected chi connectivity index (χ2v) is 4.57. The fourth-order valence-corrected chi connectivity index (χ4v) is 2.35. The van der Waals surface area contributed by atoms with E-state index in [0.29, 0.717) is 6.54 Å². The van der Waals surface area contributed by atoms with E-state index in [1.807, 2.05) is 11.4 Å². The van der Waals surface area contributed by atoms with Gasteiger partial charge in [0.05, 0.1) is 5.56 Å². The quantitative estimate of drug-likeness (QED) is 0.377. The van der Waals surface area contributed by atoms with Crippen LogP contribution in [0.1, 0.15) is 11.1 Å². The van der Waals surface area contributed by atoms with Gasteiger partial charge in [-0.15, -0.1) is 0 Å². The fraction of sp³-hybridized carbons (Fsp3) is 0.167. The van der Waals surface area contributed by atoms with Gasteiger partial charge in [-0.1, -0.05) is 5.16 Å². The van der Waals surface area contributed by atoms with Gasteiger partial charge in [0, 0.05) is 12.7 Å². The van der Waals surface area contributed by atoms with Crippen LogP contribution in [0.15, 0.2) is 45.1 Å². The molecule has 0 radical (unpaired) electrons. The number of rotatable bonds is 4. The Hall–Kier alpha value is -2.08. The first-order valence-corrected chi connectivity index (χ1v) is 6.35. The minimum Gasteiger partial charge on any atom is -0.409 e. The van der Waals surface area contributed by atoms with Crippen LogP contribution in [0.25, 0.3) is 0 Å². The molecule has 0 aliphatic carbocycles. The van der Waals surface area contributed by atoms with Crippen LogP contribution in [-0.2, 0) is 13.0 Å². The molecule has 0 unspecified atom stereocenters. The second kappa shape index (κ2) is 5.50. The van der Waals surface area contributed by atoms with Gasteiger partial charge in [-0.3, -0.25) is 4.79 Å². The third-order valence-corrected chi connectivity index (χ3v) is 3.36. The Kier molecular flexibility index (Phi) is 3.78. The monoisotopic (exact) mass is 263 g/mol. The van der Waals surface area contributed by atoms with E-state index in [9.17, 15) is 4.79 Å². The summed E-state index contributed by atoms with van der Waals surface area (Å²) in [6, 6.07) is 5.28.